The van der Waals surface area contributed by atoms with Crippen molar-refractivity contribution in [2.75, 3.05) is 19.8 Å². The molecule has 0 aliphatic rings. The van der Waals surface area contributed by atoms with Gasteiger partial charge in [-0.15, -0.1) is 0 Å². The fourth-order valence-electron chi connectivity index (χ4n) is 0.926. The first-order valence-electron chi connectivity index (χ1n) is 7.36. The molecule has 4 heteroatoms. The number of hydrogen-bond acceptors (Lipinski definition) is 4. The second-order valence-corrected chi connectivity index (χ2v) is 5.70. The third-order valence-electron chi connectivity index (χ3n) is 2.78. The van der Waals surface area contributed by atoms with Gasteiger partial charge in [0.25, 0.3) is 0 Å². The van der Waals surface area contributed by atoms with Crippen molar-refractivity contribution < 1.29 is 19.7 Å². The summed E-state index contributed by atoms with van der Waals surface area (Å²) < 4.78 is 5.00. The zero-order chi connectivity index (χ0) is 16.0. The minimum atomic E-state index is -0.306. The molecule has 0 spiro atoms. The van der Waals surface area contributed by atoms with Gasteiger partial charge in [0.2, 0.25) is 0 Å². The molecular weight excluding hydrogens is 256 g/mol. The van der Waals surface area contributed by atoms with Gasteiger partial charge >= 0.3 is 5.97 Å². The first kappa shape index (κ1) is 21.4. The van der Waals surface area contributed by atoms with E-state index in [9.17, 15) is 4.79 Å². The summed E-state index contributed by atoms with van der Waals surface area (Å²) in [6, 6.07) is 0. The van der Waals surface area contributed by atoms with Crippen LogP contribution in [0.15, 0.2) is 12.2 Å². The third-order valence-corrected chi connectivity index (χ3v) is 2.78. The summed E-state index contributed by atoms with van der Waals surface area (Å²) in [5.74, 6) is -0.0944. The minimum Gasteiger partial charge on any atom is -0.461 e. The van der Waals surface area contributed by atoms with Crippen molar-refractivity contribution in [1.29, 1.82) is 0 Å². The average molecular weight is 288 g/mol. The van der Waals surface area contributed by atoms with E-state index < -0.39 is 0 Å². The molecule has 0 heterocycles. The molecule has 0 rings (SSSR count). The van der Waals surface area contributed by atoms with Crippen LogP contribution in [0.5, 0.6) is 0 Å². The van der Waals surface area contributed by atoms with Gasteiger partial charge in [0.1, 0.15) is 6.61 Å². The van der Waals surface area contributed by atoms with Crippen molar-refractivity contribution in [3.8, 4) is 0 Å². The van der Waals surface area contributed by atoms with Crippen LogP contribution in [0.1, 0.15) is 59.8 Å². The molecule has 0 bridgehead atoms. The van der Waals surface area contributed by atoms with E-state index in [1.54, 1.807) is 13.8 Å². The highest BCUT2D eigenvalue weighted by Gasteiger charge is 2.13. The highest BCUT2D eigenvalue weighted by molar-refractivity contribution is 5.69. The summed E-state index contributed by atoms with van der Waals surface area (Å²) >= 11 is 0. The number of aliphatic hydroxyl groups is 2. The summed E-state index contributed by atoms with van der Waals surface area (Å²) in [4.78, 5) is 11.1. The lowest BCUT2D eigenvalue weighted by Crippen LogP contribution is -2.20. The Labute approximate surface area is 123 Å². The standard InChI is InChI=1S/C11H20O2.C5H12O2/c1-4-6-7-8-11(12)13-9-10(3)5-2;1-5(2,3-6)4-7/h3-9H2,1-2H3;6-7H,3-4H2,1-2H3. The number of carbonyl (C=O) groups excluding carboxylic acids is 1. The van der Waals surface area contributed by atoms with Crippen LogP contribution in [0, 0.1) is 5.41 Å². The van der Waals surface area contributed by atoms with E-state index in [2.05, 4.69) is 13.5 Å². The predicted octanol–water partition coefficient (Wildman–Crippen LogP) is 3.07. The van der Waals surface area contributed by atoms with E-state index in [0.717, 1.165) is 31.3 Å². The summed E-state index contributed by atoms with van der Waals surface area (Å²) in [7, 11) is 0. The summed E-state index contributed by atoms with van der Waals surface area (Å²) in [6.07, 6.45) is 4.60. The lowest BCUT2D eigenvalue weighted by Gasteiger charge is -2.16. The van der Waals surface area contributed by atoms with E-state index in [-0.39, 0.29) is 24.6 Å². The quantitative estimate of drug-likeness (QED) is 0.389. The molecule has 0 aliphatic heterocycles. The van der Waals surface area contributed by atoms with Gasteiger partial charge in [-0.05, 0) is 18.4 Å². The molecule has 0 atom stereocenters. The summed E-state index contributed by atoms with van der Waals surface area (Å²) in [5, 5.41) is 16.9. The van der Waals surface area contributed by atoms with Crippen molar-refractivity contribution in [3.63, 3.8) is 0 Å². The number of unbranched alkanes of at least 4 members (excludes halogenated alkanes) is 2. The normalized spacial score (nSPS) is 10.5. The molecule has 0 radical (unpaired) electrons. The number of aliphatic hydroxyl groups excluding tert-OH is 2. The van der Waals surface area contributed by atoms with Crippen LogP contribution in [0.2, 0.25) is 0 Å². The zero-order valence-electron chi connectivity index (χ0n) is 13.6. The van der Waals surface area contributed by atoms with E-state index >= 15 is 0 Å². The predicted molar refractivity (Wildman–Crippen MR) is 82.5 cm³/mol. The Morgan fingerprint density at radius 2 is 1.70 bits per heavy atom. The van der Waals surface area contributed by atoms with Gasteiger partial charge in [0.15, 0.2) is 0 Å². The SMILES string of the molecule is C=C(CC)COC(=O)CCCCC.CC(C)(CO)CO. The van der Waals surface area contributed by atoms with Crippen LogP contribution in [0.3, 0.4) is 0 Å². The summed E-state index contributed by atoms with van der Waals surface area (Å²) in [6.45, 7) is 12.0. The van der Waals surface area contributed by atoms with E-state index in [1.807, 2.05) is 6.92 Å². The van der Waals surface area contributed by atoms with Gasteiger partial charge in [-0.3, -0.25) is 4.79 Å². The highest BCUT2D eigenvalue weighted by Crippen LogP contribution is 2.10. The second kappa shape index (κ2) is 13.1. The van der Waals surface area contributed by atoms with Gasteiger partial charge in [-0.1, -0.05) is 47.1 Å². The van der Waals surface area contributed by atoms with Crippen molar-refractivity contribution in [3.05, 3.63) is 12.2 Å². The molecule has 0 fully saturated rings. The maximum Gasteiger partial charge on any atom is 0.306 e. The molecule has 0 aromatic carbocycles. The van der Waals surface area contributed by atoms with Gasteiger partial charge < -0.3 is 14.9 Å². The largest absolute Gasteiger partial charge is 0.461 e. The lowest BCUT2D eigenvalue weighted by atomic mass is 9.97. The Kier molecular flexibility index (Phi) is 14.1. The third kappa shape index (κ3) is 15.2. The van der Waals surface area contributed by atoms with Crippen molar-refractivity contribution in [2.45, 2.75) is 59.8 Å². The van der Waals surface area contributed by atoms with Crippen molar-refractivity contribution >= 4 is 5.97 Å². The van der Waals surface area contributed by atoms with Crippen LogP contribution in [-0.2, 0) is 9.53 Å². The highest BCUT2D eigenvalue weighted by atomic mass is 16.5. The topological polar surface area (TPSA) is 66.8 Å². The number of ether oxygens (including phenoxy) is 1. The Bertz CT molecular complexity index is 253. The Morgan fingerprint density at radius 3 is 2.05 bits per heavy atom. The molecule has 4 nitrogen and oxygen atoms in total. The fraction of sp³-hybridized carbons (Fsp3) is 0.812. The zero-order valence-corrected chi connectivity index (χ0v) is 13.6. The number of hydrogen-bond donors (Lipinski definition) is 2. The molecule has 0 amide bonds. The van der Waals surface area contributed by atoms with Gasteiger partial charge in [-0.2, -0.15) is 0 Å². The van der Waals surface area contributed by atoms with Gasteiger partial charge in [-0.25, -0.2) is 0 Å². The van der Waals surface area contributed by atoms with Crippen LogP contribution in [0.25, 0.3) is 0 Å². The Hall–Kier alpha value is -0.870. The first-order valence-corrected chi connectivity index (χ1v) is 7.36. The average Bonchev–Trinajstić information content (AvgIpc) is 2.45. The van der Waals surface area contributed by atoms with E-state index in [4.69, 9.17) is 14.9 Å². The second-order valence-electron chi connectivity index (χ2n) is 5.70. The van der Waals surface area contributed by atoms with Crippen LogP contribution >= 0.6 is 0 Å². The minimum absolute atomic E-state index is 0.0451. The number of carbonyl (C=O) groups is 1. The van der Waals surface area contributed by atoms with E-state index in [1.165, 1.54) is 0 Å². The maximum atomic E-state index is 11.1. The molecule has 0 unspecified atom stereocenters. The monoisotopic (exact) mass is 288 g/mol. The molecule has 0 aromatic rings. The van der Waals surface area contributed by atoms with Crippen LogP contribution in [-0.4, -0.2) is 36.0 Å². The maximum absolute atomic E-state index is 11.1. The summed E-state index contributed by atoms with van der Waals surface area (Å²) in [5.41, 5.74) is 0.670. The molecule has 0 aromatic heterocycles. The smallest absolute Gasteiger partial charge is 0.306 e. The van der Waals surface area contributed by atoms with Crippen molar-refractivity contribution in [1.82, 2.24) is 0 Å². The number of rotatable bonds is 9. The molecule has 0 aliphatic carbocycles. The molecule has 2 N–H and O–H groups in total. The first-order chi connectivity index (χ1) is 9.32. The van der Waals surface area contributed by atoms with Gasteiger partial charge in [0, 0.05) is 11.8 Å². The molecule has 0 saturated carbocycles. The molecular formula is C16H32O4. The Balaban J connectivity index is 0. The van der Waals surface area contributed by atoms with Crippen LogP contribution in [0.4, 0.5) is 0 Å². The molecule has 20 heavy (non-hydrogen) atoms. The van der Waals surface area contributed by atoms with E-state index in [0.29, 0.717) is 13.0 Å². The number of esters is 1. The molecule has 120 valence electrons. The van der Waals surface area contributed by atoms with Crippen LogP contribution < -0.4 is 0 Å². The Morgan fingerprint density at radius 1 is 1.15 bits per heavy atom. The molecule has 0 saturated heterocycles. The lowest BCUT2D eigenvalue weighted by molar-refractivity contribution is -0.142. The van der Waals surface area contributed by atoms with Crippen molar-refractivity contribution in [2.24, 2.45) is 5.41 Å². The van der Waals surface area contributed by atoms with Gasteiger partial charge in [0.05, 0.1) is 13.2 Å². The fourth-order valence-corrected chi connectivity index (χ4v) is 0.926.